The second-order valence-electron chi connectivity index (χ2n) is 26.8. The number of hydrogen-bond acceptors (Lipinski definition) is 21. The molecule has 0 radical (unpaired) electrons. The van der Waals surface area contributed by atoms with Crippen molar-refractivity contribution in [2.75, 3.05) is 20.2 Å². The van der Waals surface area contributed by atoms with Crippen molar-refractivity contribution in [1.82, 2.24) is 47.4 Å². The summed E-state index contributed by atoms with van der Waals surface area (Å²) in [7, 11) is 1.21. The predicted octanol–water partition coefficient (Wildman–Crippen LogP) is 7.96. The van der Waals surface area contributed by atoms with Crippen LogP contribution in [0.4, 0.5) is 4.79 Å². The van der Waals surface area contributed by atoms with Gasteiger partial charge < -0.3 is 96.9 Å². The molecule has 15 rings (SSSR count). The molecule has 0 saturated carbocycles. The van der Waals surface area contributed by atoms with Crippen molar-refractivity contribution in [1.29, 1.82) is 0 Å². The molecule has 10 amide bonds. The number of aliphatic hydroxyl groups excluding tert-OH is 1. The van der Waals surface area contributed by atoms with Gasteiger partial charge >= 0.3 is 6.09 Å². The number of nitrogens with one attached hydrogen (secondary N) is 8. The van der Waals surface area contributed by atoms with E-state index < -0.39 is 148 Å². The number of nitrogens with zero attached hydrogens (tertiary/aromatic N) is 1. The molecule has 32 heteroatoms. The standard InChI is InChI=1S/C76H67Cl2N9O21/c1-76(2,3)108-75(103)86-59-35-13-16-50(91)54(27-35)105-41-24-37(23-39(88)30-41)60-70(98)83-61-38-28-55(106-52-17-11-33(21-46(52)77)22-48(66(94)81-60)80-68(59)96)65(104-20-8-7-19-87-73(101)42-9-5-6-10-43(42)74(87)102)56(29-38)107-53-18-14-36(26-47(53)78)64(93)63-72(100)84-62(67(95)79-4)45-31-40(89)32-51(92)57(45)44-25-34(12-15-49(44)90)58(69(97)85-63)82-71(61)99/h5-6,9-18,21,23-32,48,58-64,88-93H,7-8,19-20,22H2,1-4H3,(H,79,95)(H,80,96)(H,81,94)(H,82,99)(H,83,98)(H,84,100)(H,85,97)(H,86,103)/t48-,58-,59+,60+,61-,62+,63+,64-/m1/s1. The number of likely N-dealkylation sites (N-methyl/N-ethyl adjacent to an activating group) is 1. The Labute approximate surface area is 623 Å². The zero-order valence-corrected chi connectivity index (χ0v) is 59.0. The normalized spacial score (nSPS) is 20.4. The smallest absolute Gasteiger partial charge is 0.408 e. The molecular formula is C76H67Cl2N9O21. The summed E-state index contributed by atoms with van der Waals surface area (Å²) in [6, 6.07) is 15.0. The van der Waals surface area contributed by atoms with Gasteiger partial charge in [-0.25, -0.2) is 4.79 Å². The van der Waals surface area contributed by atoms with Gasteiger partial charge in [-0.1, -0.05) is 59.6 Å². The van der Waals surface area contributed by atoms with Crippen LogP contribution in [-0.4, -0.2) is 133 Å². The van der Waals surface area contributed by atoms with Crippen molar-refractivity contribution >= 4 is 82.5 Å². The number of carbonyl (C=O) groups excluding carboxylic acids is 10. The molecule has 0 aliphatic carbocycles. The number of imide groups is 1. The summed E-state index contributed by atoms with van der Waals surface area (Å²) in [5.74, 6) is -14.5. The lowest BCUT2D eigenvalue weighted by atomic mass is 9.89. The molecular weight excluding hydrogens is 1450 g/mol. The van der Waals surface area contributed by atoms with Gasteiger partial charge in [-0.2, -0.15) is 0 Å². The molecule has 0 saturated heterocycles. The highest BCUT2D eigenvalue weighted by Crippen LogP contribution is 2.49. The van der Waals surface area contributed by atoms with Crippen LogP contribution in [0.3, 0.4) is 0 Å². The Morgan fingerprint density at radius 2 is 1.14 bits per heavy atom. The highest BCUT2D eigenvalue weighted by Gasteiger charge is 2.43. The lowest BCUT2D eigenvalue weighted by Crippen LogP contribution is -2.56. The Morgan fingerprint density at radius 1 is 0.546 bits per heavy atom. The van der Waals surface area contributed by atoms with E-state index in [1.165, 1.54) is 73.8 Å². The van der Waals surface area contributed by atoms with Crippen LogP contribution in [-0.2, 0) is 44.7 Å². The number of phenols is 5. The first kappa shape index (κ1) is 73.5. The summed E-state index contributed by atoms with van der Waals surface area (Å²) in [5.41, 5.74) is -2.48. The maximum absolute atomic E-state index is 16.3. The summed E-state index contributed by atoms with van der Waals surface area (Å²) < 4.78 is 31.7. The van der Waals surface area contributed by atoms with Gasteiger partial charge in [-0.15, -0.1) is 0 Å². The lowest BCUT2D eigenvalue weighted by Gasteiger charge is -2.31. The van der Waals surface area contributed by atoms with Crippen LogP contribution in [0, 0.1) is 0 Å². The SMILES string of the molecule is CNC(=O)[C@H]1NC(=O)[C@H]2NC(=O)[C@H](NC(=O)[C@@H]3NC(=O)[C@H]4NC(=O)[C@@H](Cc5ccc(c(Cl)c5)Oc5cc3cc(c5OCCCCN3C(=O)c5ccccc5C3=O)Oc3ccc(cc3Cl)[C@H]2O)NC(=O)[C@@H](NC(=O)OC(C)(C)C)c2ccc(O)c(c2)Oc2cc(O)cc4c2)c2ccc(O)c(c2)-c2c(O)cc(O)cc21. The van der Waals surface area contributed by atoms with Crippen molar-refractivity contribution in [3.05, 3.63) is 200 Å². The van der Waals surface area contributed by atoms with Crippen LogP contribution in [0.25, 0.3) is 11.1 Å². The fourth-order valence-corrected chi connectivity index (χ4v) is 13.5. The van der Waals surface area contributed by atoms with Crippen molar-refractivity contribution in [3.8, 4) is 80.1 Å². The topological polar surface area (TPSA) is 438 Å². The molecule has 14 N–H and O–H groups in total. The van der Waals surface area contributed by atoms with E-state index in [-0.39, 0.29) is 137 Å². The number of aromatic hydroxyl groups is 5. The Kier molecular flexibility index (Phi) is 20.2. The van der Waals surface area contributed by atoms with Crippen molar-refractivity contribution in [2.24, 2.45) is 0 Å². The maximum atomic E-state index is 16.3. The van der Waals surface area contributed by atoms with Gasteiger partial charge in [0.25, 0.3) is 11.8 Å². The number of halogens is 2. The number of ether oxygens (including phenoxy) is 5. The maximum Gasteiger partial charge on any atom is 0.408 e. The minimum Gasteiger partial charge on any atom is -0.508 e. The fraction of sp³-hybridized carbons (Fsp3) is 0.237. The largest absolute Gasteiger partial charge is 0.508 e. The quantitative estimate of drug-likeness (QED) is 0.0506. The average molecular weight is 1510 g/mol. The summed E-state index contributed by atoms with van der Waals surface area (Å²) in [6.45, 7) is 4.45. The Morgan fingerprint density at radius 3 is 1.80 bits per heavy atom. The second kappa shape index (κ2) is 29.6. The fourth-order valence-electron chi connectivity index (χ4n) is 13.1. The molecule has 556 valence electrons. The summed E-state index contributed by atoms with van der Waals surface area (Å²) in [4.78, 5) is 149. The summed E-state index contributed by atoms with van der Waals surface area (Å²) in [6.07, 6.45) is -3.36. The number of phenolic OH excluding ortho intramolecular Hbond substituents is 5. The van der Waals surface area contributed by atoms with E-state index in [9.17, 15) is 49.8 Å². The number of benzene rings is 8. The number of aliphatic hydroxyl groups is 1. The zero-order chi connectivity index (χ0) is 76.9. The van der Waals surface area contributed by atoms with Crippen LogP contribution in [0.5, 0.6) is 69.0 Å². The van der Waals surface area contributed by atoms with E-state index in [4.69, 9.17) is 46.9 Å². The molecule has 7 aliphatic rings. The van der Waals surface area contributed by atoms with Gasteiger partial charge in [0.15, 0.2) is 23.0 Å². The van der Waals surface area contributed by atoms with Gasteiger partial charge in [-0.05, 0) is 164 Å². The Balaban J connectivity index is 1.01. The van der Waals surface area contributed by atoms with Gasteiger partial charge in [0, 0.05) is 43.3 Å². The number of unbranched alkanes of at least 4 members (excludes halogenated alkanes) is 1. The molecule has 7 aliphatic heterocycles. The first-order valence-electron chi connectivity index (χ1n) is 33.6. The van der Waals surface area contributed by atoms with Gasteiger partial charge in [0.2, 0.25) is 47.1 Å². The molecule has 17 bridgehead atoms. The molecule has 0 fully saturated rings. The number of fused-ring (bicyclic) bond motifs is 15. The third kappa shape index (κ3) is 15.1. The van der Waals surface area contributed by atoms with E-state index in [0.29, 0.717) is 0 Å². The minimum absolute atomic E-state index is 0.0153. The lowest BCUT2D eigenvalue weighted by molar-refractivity contribution is -0.137. The highest BCUT2D eigenvalue weighted by molar-refractivity contribution is 6.32. The second-order valence-corrected chi connectivity index (χ2v) is 27.6. The highest BCUT2D eigenvalue weighted by atomic mass is 35.5. The molecule has 108 heavy (non-hydrogen) atoms. The molecule has 0 spiro atoms. The molecule has 8 atom stereocenters. The van der Waals surface area contributed by atoms with E-state index in [2.05, 4.69) is 42.5 Å². The third-order valence-corrected chi connectivity index (χ3v) is 18.8. The molecule has 0 aromatic heterocycles. The van der Waals surface area contributed by atoms with Crippen LogP contribution in [0.15, 0.2) is 140 Å². The van der Waals surface area contributed by atoms with Gasteiger partial charge in [0.05, 0.1) is 27.8 Å². The number of amides is 10. The van der Waals surface area contributed by atoms with Gasteiger partial charge in [0.1, 0.15) is 94.2 Å². The monoisotopic (exact) mass is 1510 g/mol. The van der Waals surface area contributed by atoms with E-state index >= 15 is 28.8 Å². The average Bonchev–Trinajstić information content (AvgIpc) is 1.11. The van der Waals surface area contributed by atoms with Crippen LogP contribution >= 0.6 is 23.2 Å². The molecule has 8 aromatic carbocycles. The Hall–Kier alpha value is -12.8. The minimum atomic E-state index is -2.23. The molecule has 7 heterocycles. The molecule has 0 unspecified atom stereocenters. The number of rotatable bonds is 8. The van der Waals surface area contributed by atoms with Crippen molar-refractivity contribution in [2.45, 2.75) is 94.0 Å². The van der Waals surface area contributed by atoms with Crippen LogP contribution < -0.4 is 61.5 Å². The molecule has 8 aromatic rings. The van der Waals surface area contributed by atoms with Crippen molar-refractivity contribution < 1.29 is 102 Å². The number of hydrogen-bond donors (Lipinski definition) is 14. The van der Waals surface area contributed by atoms with Crippen LogP contribution in [0.1, 0.15) is 130 Å². The van der Waals surface area contributed by atoms with Crippen LogP contribution in [0.2, 0.25) is 10.0 Å². The number of carbonyl (C=O) groups is 10. The first-order valence-corrected chi connectivity index (χ1v) is 34.4. The predicted molar refractivity (Wildman–Crippen MR) is 381 cm³/mol. The summed E-state index contributed by atoms with van der Waals surface area (Å²) >= 11 is 14.3. The van der Waals surface area contributed by atoms with E-state index in [0.717, 1.165) is 53.4 Å². The summed E-state index contributed by atoms with van der Waals surface area (Å²) in [5, 5.41) is 89.9. The molecule has 30 nitrogen and oxygen atoms in total. The van der Waals surface area contributed by atoms with E-state index in [1.54, 1.807) is 45.0 Å². The third-order valence-electron chi connectivity index (χ3n) is 18.2. The first-order chi connectivity index (χ1) is 51.5. The van der Waals surface area contributed by atoms with Crippen molar-refractivity contribution in [3.63, 3.8) is 0 Å². The Bertz CT molecular complexity index is 5070. The zero-order valence-electron chi connectivity index (χ0n) is 57.4. The number of alkyl carbamates (subject to hydrolysis) is 1. The van der Waals surface area contributed by atoms with E-state index in [1.807, 2.05) is 0 Å². The van der Waals surface area contributed by atoms with Gasteiger partial charge in [-0.3, -0.25) is 48.1 Å².